The molecule has 0 unspecified atom stereocenters. The van der Waals surface area contributed by atoms with E-state index in [9.17, 15) is 9.59 Å². The summed E-state index contributed by atoms with van der Waals surface area (Å²) in [5.74, 6) is -0.775. The Morgan fingerprint density at radius 2 is 2.00 bits per heavy atom. The van der Waals surface area contributed by atoms with Crippen LogP contribution in [0.5, 0.6) is 0 Å². The third-order valence-corrected chi connectivity index (χ3v) is 5.75. The fraction of sp³-hybridized carbons (Fsp3) is 0.438. The zero-order chi connectivity index (χ0) is 20.5. The number of amidine groups is 1. The van der Waals surface area contributed by atoms with Crippen molar-refractivity contribution in [1.82, 2.24) is 30.0 Å². The molecule has 3 heterocycles. The second-order valence-electron chi connectivity index (χ2n) is 6.78. The lowest BCUT2D eigenvalue weighted by atomic mass is 10.4. The summed E-state index contributed by atoms with van der Waals surface area (Å²) in [5, 5.41) is 15.7. The smallest absolute Gasteiger partial charge is 0.319 e. The maximum atomic E-state index is 12.4. The van der Waals surface area contributed by atoms with Gasteiger partial charge in [0.05, 0.1) is 5.69 Å². The van der Waals surface area contributed by atoms with E-state index in [1.165, 1.54) is 12.8 Å². The monoisotopic (exact) mass is 416 g/mol. The van der Waals surface area contributed by atoms with Gasteiger partial charge in [-0.25, -0.2) is 9.48 Å². The molecule has 0 saturated heterocycles. The SMILES string of the molecule is Cc1cc(C)n(C2=NC(C(=O)NC(N)=O)=Nc3nnc(SC4CCCC4)n3N2)n1. The highest BCUT2D eigenvalue weighted by atomic mass is 32.2. The standard InChI is InChI=1S/C16H20N10O2S/c1-8-7-9(2)25(23-8)15-19-11(12(27)20-13(17)28)18-14-21-22-16(26(14)24-15)29-10-5-3-4-6-10/h7,10H,3-6H2,1-2H3,(H3,17,20,27,28)(H,18,19,21,24). The molecule has 0 aromatic carbocycles. The highest BCUT2D eigenvalue weighted by Crippen LogP contribution is 2.34. The Hall–Kier alpha value is -3.22. The molecule has 2 aliphatic rings. The van der Waals surface area contributed by atoms with Gasteiger partial charge in [-0.3, -0.25) is 15.5 Å². The zero-order valence-electron chi connectivity index (χ0n) is 15.9. The van der Waals surface area contributed by atoms with Crippen molar-refractivity contribution in [1.29, 1.82) is 0 Å². The molecule has 2 aromatic rings. The summed E-state index contributed by atoms with van der Waals surface area (Å²) in [7, 11) is 0. The number of rotatable bonds is 3. The van der Waals surface area contributed by atoms with Crippen LogP contribution >= 0.6 is 11.8 Å². The number of primary amides is 1. The summed E-state index contributed by atoms with van der Waals surface area (Å²) in [6.45, 7) is 3.71. The van der Waals surface area contributed by atoms with Crippen LogP contribution in [-0.2, 0) is 4.79 Å². The molecule has 1 aliphatic heterocycles. The third kappa shape index (κ3) is 3.99. The molecule has 29 heavy (non-hydrogen) atoms. The number of aromatic nitrogens is 5. The molecular formula is C16H20N10O2S. The van der Waals surface area contributed by atoms with Crippen molar-refractivity contribution in [3.63, 3.8) is 0 Å². The highest BCUT2D eigenvalue weighted by molar-refractivity contribution is 7.99. The molecule has 0 spiro atoms. The lowest BCUT2D eigenvalue weighted by Gasteiger charge is -2.14. The third-order valence-electron chi connectivity index (χ3n) is 4.47. The largest absolute Gasteiger partial charge is 0.351 e. The minimum Gasteiger partial charge on any atom is -0.351 e. The number of hydrogen-bond acceptors (Lipinski definition) is 9. The van der Waals surface area contributed by atoms with Gasteiger partial charge in [0.25, 0.3) is 11.9 Å². The van der Waals surface area contributed by atoms with Crippen LogP contribution in [0.4, 0.5) is 10.7 Å². The Kier molecular flexibility index (Phi) is 5.05. The minimum atomic E-state index is -1.00. The molecule has 2 aromatic heterocycles. The van der Waals surface area contributed by atoms with Crippen molar-refractivity contribution in [2.45, 2.75) is 49.9 Å². The molecule has 13 heteroatoms. The summed E-state index contributed by atoms with van der Waals surface area (Å²) < 4.78 is 3.12. The molecule has 0 radical (unpaired) electrons. The van der Waals surface area contributed by atoms with E-state index in [1.807, 2.05) is 25.2 Å². The van der Waals surface area contributed by atoms with Crippen LogP contribution in [0.2, 0.25) is 0 Å². The Bertz CT molecular complexity index is 1030. The Balaban J connectivity index is 1.75. The molecule has 1 fully saturated rings. The molecule has 4 N–H and O–H groups in total. The van der Waals surface area contributed by atoms with Crippen molar-refractivity contribution in [2.24, 2.45) is 15.7 Å². The number of imide groups is 1. The average molecular weight is 416 g/mol. The van der Waals surface area contributed by atoms with E-state index in [0.29, 0.717) is 10.4 Å². The molecule has 0 atom stereocenters. The van der Waals surface area contributed by atoms with Crippen LogP contribution < -0.4 is 16.5 Å². The van der Waals surface area contributed by atoms with Crippen molar-refractivity contribution in [3.8, 4) is 0 Å². The summed E-state index contributed by atoms with van der Waals surface area (Å²) >= 11 is 1.61. The summed E-state index contributed by atoms with van der Waals surface area (Å²) in [5.41, 5.74) is 9.73. The maximum Gasteiger partial charge on any atom is 0.319 e. The fourth-order valence-electron chi connectivity index (χ4n) is 3.22. The van der Waals surface area contributed by atoms with Crippen molar-refractivity contribution in [3.05, 3.63) is 17.5 Å². The summed E-state index contributed by atoms with van der Waals surface area (Å²) in [6, 6.07) is 0.869. The number of amides is 3. The number of nitrogens with two attached hydrogens (primary N) is 1. The van der Waals surface area contributed by atoms with E-state index in [4.69, 9.17) is 5.73 Å². The van der Waals surface area contributed by atoms with E-state index >= 15 is 0 Å². The molecule has 0 bridgehead atoms. The maximum absolute atomic E-state index is 12.4. The minimum absolute atomic E-state index is 0.139. The van der Waals surface area contributed by atoms with Crippen LogP contribution in [0.25, 0.3) is 0 Å². The van der Waals surface area contributed by atoms with Crippen LogP contribution in [0.15, 0.2) is 21.2 Å². The molecule has 152 valence electrons. The predicted octanol–water partition coefficient (Wildman–Crippen LogP) is 0.812. The summed E-state index contributed by atoms with van der Waals surface area (Å²) in [6.07, 6.45) is 4.61. The van der Waals surface area contributed by atoms with Gasteiger partial charge in [0.15, 0.2) is 0 Å². The van der Waals surface area contributed by atoms with Gasteiger partial charge in [-0.15, -0.1) is 10.2 Å². The number of thioether (sulfide) groups is 1. The van der Waals surface area contributed by atoms with Gasteiger partial charge in [0.1, 0.15) is 0 Å². The van der Waals surface area contributed by atoms with Crippen LogP contribution in [0.3, 0.4) is 0 Å². The number of aliphatic imine (C=N–C) groups is 2. The van der Waals surface area contributed by atoms with Gasteiger partial charge in [-0.05, 0) is 32.8 Å². The lowest BCUT2D eigenvalue weighted by Crippen LogP contribution is -2.39. The summed E-state index contributed by atoms with van der Waals surface area (Å²) in [4.78, 5) is 31.9. The predicted molar refractivity (Wildman–Crippen MR) is 107 cm³/mol. The first-order valence-electron chi connectivity index (χ1n) is 9.11. The molecule has 4 rings (SSSR count). The topological polar surface area (TPSA) is 157 Å². The fourth-order valence-corrected chi connectivity index (χ4v) is 4.40. The number of nitrogens with one attached hydrogen (secondary N) is 2. The molecule has 3 amide bonds. The van der Waals surface area contributed by atoms with E-state index in [2.05, 4.69) is 30.7 Å². The van der Waals surface area contributed by atoms with Gasteiger partial charge in [0.2, 0.25) is 17.0 Å². The van der Waals surface area contributed by atoms with Gasteiger partial charge < -0.3 is 5.73 Å². The van der Waals surface area contributed by atoms with Crippen molar-refractivity contribution < 1.29 is 9.59 Å². The number of hydrogen-bond donors (Lipinski definition) is 3. The first-order chi connectivity index (χ1) is 13.9. The Morgan fingerprint density at radius 3 is 2.66 bits per heavy atom. The average Bonchev–Trinajstić information content (AvgIpc) is 3.33. The van der Waals surface area contributed by atoms with Gasteiger partial charge in [0, 0.05) is 10.9 Å². The number of aryl methyl sites for hydroxylation is 2. The Labute approximate surface area is 170 Å². The normalized spacial score (nSPS) is 16.5. The first-order valence-corrected chi connectivity index (χ1v) is 9.99. The van der Waals surface area contributed by atoms with Crippen LogP contribution in [0, 0.1) is 13.8 Å². The molecule has 1 saturated carbocycles. The highest BCUT2D eigenvalue weighted by Gasteiger charge is 2.26. The lowest BCUT2D eigenvalue weighted by molar-refractivity contribution is -0.113. The van der Waals surface area contributed by atoms with Gasteiger partial charge in [-0.1, -0.05) is 24.6 Å². The number of carbonyl (C=O) groups is 2. The number of fused-ring (bicyclic) bond motifs is 1. The van der Waals surface area contributed by atoms with Crippen LogP contribution in [0.1, 0.15) is 37.1 Å². The van der Waals surface area contributed by atoms with E-state index in [1.54, 1.807) is 21.1 Å². The van der Waals surface area contributed by atoms with Crippen molar-refractivity contribution >= 4 is 41.4 Å². The van der Waals surface area contributed by atoms with E-state index < -0.39 is 11.9 Å². The molecule has 12 nitrogen and oxygen atoms in total. The Morgan fingerprint density at radius 1 is 1.24 bits per heavy atom. The van der Waals surface area contributed by atoms with E-state index in [0.717, 1.165) is 24.2 Å². The quantitative estimate of drug-likeness (QED) is 0.668. The van der Waals surface area contributed by atoms with Gasteiger partial charge in [-0.2, -0.15) is 19.8 Å². The van der Waals surface area contributed by atoms with Crippen LogP contribution in [-0.4, -0.2) is 53.6 Å². The number of carbonyl (C=O) groups excluding carboxylic acids is 2. The molecule has 1 aliphatic carbocycles. The van der Waals surface area contributed by atoms with Gasteiger partial charge >= 0.3 is 6.03 Å². The first kappa shape index (κ1) is 19.1. The number of nitrogens with zero attached hydrogens (tertiary/aromatic N) is 7. The molecular weight excluding hydrogens is 396 g/mol. The second-order valence-corrected chi connectivity index (χ2v) is 8.05. The van der Waals surface area contributed by atoms with Crippen molar-refractivity contribution in [2.75, 3.05) is 5.43 Å². The second kappa shape index (κ2) is 7.66. The number of urea groups is 1. The zero-order valence-corrected chi connectivity index (χ0v) is 16.7. The van der Waals surface area contributed by atoms with E-state index in [-0.39, 0.29) is 17.7 Å².